The minimum Gasteiger partial charge on any atom is -0.368 e. The van der Waals surface area contributed by atoms with Crippen LogP contribution in [0.15, 0.2) is 30.6 Å². The molecule has 0 atom stereocenters. The van der Waals surface area contributed by atoms with E-state index in [1.54, 1.807) is 12.1 Å². The molecule has 2 aromatic rings. The van der Waals surface area contributed by atoms with Gasteiger partial charge in [-0.3, -0.25) is 9.78 Å². The Morgan fingerprint density at radius 1 is 1.12 bits per heavy atom. The zero-order chi connectivity index (χ0) is 18.9. The molecule has 138 valence electrons. The molecule has 0 radical (unpaired) electrons. The number of piperazine rings is 1. The number of carbonyl (C=O) groups is 1. The summed E-state index contributed by atoms with van der Waals surface area (Å²) in [6, 6.07) is 4.27. The van der Waals surface area contributed by atoms with Crippen LogP contribution < -0.4 is 15.5 Å². The molecule has 10 heteroatoms. The molecule has 0 aromatic carbocycles. The van der Waals surface area contributed by atoms with E-state index in [2.05, 4.69) is 9.97 Å². The summed E-state index contributed by atoms with van der Waals surface area (Å²) in [5.41, 5.74) is 5.35. The van der Waals surface area contributed by atoms with Gasteiger partial charge in [0, 0.05) is 44.3 Å². The Hall–Kier alpha value is -2.55. The van der Waals surface area contributed by atoms with Gasteiger partial charge in [-0.05, 0) is 18.2 Å². The van der Waals surface area contributed by atoms with Crippen LogP contribution in [0.2, 0.25) is 5.02 Å². The monoisotopic (exact) mass is 385 g/mol. The standard InChI is InChI=1S/C16H15ClF3N5O/c17-12-7-10(16(18,19)20)9-23-15(12)25-5-3-24(4-6-25)11-1-2-22-13(8-11)14(21)26/h1-2,7-9H,3-6H2,(H2,21,26). The zero-order valence-electron chi connectivity index (χ0n) is 13.5. The van der Waals surface area contributed by atoms with E-state index in [9.17, 15) is 18.0 Å². The second-order valence-electron chi connectivity index (χ2n) is 5.76. The molecule has 1 aliphatic heterocycles. The molecule has 0 saturated carbocycles. The molecule has 2 N–H and O–H groups in total. The van der Waals surface area contributed by atoms with Gasteiger partial charge in [0.15, 0.2) is 0 Å². The molecule has 3 rings (SSSR count). The molecule has 6 nitrogen and oxygen atoms in total. The first-order valence-electron chi connectivity index (χ1n) is 7.74. The number of alkyl halides is 3. The van der Waals surface area contributed by atoms with Gasteiger partial charge in [-0.15, -0.1) is 0 Å². The Kier molecular flexibility index (Phi) is 4.90. The third kappa shape index (κ3) is 3.82. The highest BCUT2D eigenvalue weighted by Gasteiger charge is 2.32. The molecule has 0 unspecified atom stereocenters. The molecule has 0 bridgehead atoms. The number of nitrogens with zero attached hydrogens (tertiary/aromatic N) is 4. The molecular weight excluding hydrogens is 371 g/mol. The number of nitrogens with two attached hydrogens (primary N) is 1. The number of amides is 1. The average molecular weight is 386 g/mol. The van der Waals surface area contributed by atoms with Crippen molar-refractivity contribution in [3.63, 3.8) is 0 Å². The number of rotatable bonds is 3. The van der Waals surface area contributed by atoms with Gasteiger partial charge >= 0.3 is 6.18 Å². The Morgan fingerprint density at radius 3 is 2.35 bits per heavy atom. The maximum absolute atomic E-state index is 12.7. The van der Waals surface area contributed by atoms with Crippen molar-refractivity contribution >= 4 is 29.0 Å². The minimum atomic E-state index is -4.48. The molecule has 0 spiro atoms. The number of primary amides is 1. The van der Waals surface area contributed by atoms with Crippen LogP contribution >= 0.6 is 11.6 Å². The van der Waals surface area contributed by atoms with Gasteiger partial charge in [0.2, 0.25) is 0 Å². The Morgan fingerprint density at radius 2 is 1.77 bits per heavy atom. The van der Waals surface area contributed by atoms with Crippen LogP contribution in [-0.4, -0.2) is 42.1 Å². The van der Waals surface area contributed by atoms with E-state index in [0.29, 0.717) is 32.0 Å². The molecule has 1 amide bonds. The summed E-state index contributed by atoms with van der Waals surface area (Å²) in [7, 11) is 0. The number of carbonyl (C=O) groups excluding carboxylic acids is 1. The predicted octanol–water partition coefficient (Wildman–Crippen LogP) is 2.57. The lowest BCUT2D eigenvalue weighted by Gasteiger charge is -2.37. The lowest BCUT2D eigenvalue weighted by atomic mass is 10.2. The number of anilines is 2. The van der Waals surface area contributed by atoms with Gasteiger partial charge in [-0.2, -0.15) is 13.2 Å². The highest BCUT2D eigenvalue weighted by molar-refractivity contribution is 6.33. The number of pyridine rings is 2. The van der Waals surface area contributed by atoms with Crippen molar-refractivity contribution in [1.29, 1.82) is 0 Å². The van der Waals surface area contributed by atoms with E-state index >= 15 is 0 Å². The number of halogens is 4. The summed E-state index contributed by atoms with van der Waals surface area (Å²) in [5, 5.41) is -0.0341. The zero-order valence-corrected chi connectivity index (χ0v) is 14.3. The summed E-state index contributed by atoms with van der Waals surface area (Å²) in [4.78, 5) is 22.9. The van der Waals surface area contributed by atoms with Gasteiger partial charge in [0.1, 0.15) is 11.5 Å². The SMILES string of the molecule is NC(=O)c1cc(N2CCN(c3ncc(C(F)(F)F)cc3Cl)CC2)ccn1. The summed E-state index contributed by atoms with van der Waals surface area (Å²) < 4.78 is 38.1. The molecule has 1 saturated heterocycles. The van der Waals surface area contributed by atoms with Crippen molar-refractivity contribution in [2.75, 3.05) is 36.0 Å². The van der Waals surface area contributed by atoms with Crippen molar-refractivity contribution in [2.45, 2.75) is 6.18 Å². The van der Waals surface area contributed by atoms with E-state index < -0.39 is 17.6 Å². The quantitative estimate of drug-likeness (QED) is 0.879. The van der Waals surface area contributed by atoms with Crippen LogP contribution in [0.4, 0.5) is 24.7 Å². The third-order valence-corrected chi connectivity index (χ3v) is 4.37. The predicted molar refractivity (Wildman–Crippen MR) is 91.4 cm³/mol. The molecule has 0 aliphatic carbocycles. The first kappa shape index (κ1) is 18.2. The second kappa shape index (κ2) is 6.99. The highest BCUT2D eigenvalue weighted by Crippen LogP contribution is 2.34. The number of hydrogen-bond donors (Lipinski definition) is 1. The molecule has 1 aliphatic rings. The van der Waals surface area contributed by atoms with Crippen LogP contribution in [0.5, 0.6) is 0 Å². The van der Waals surface area contributed by atoms with Gasteiger partial charge in [-0.1, -0.05) is 11.6 Å². The minimum absolute atomic E-state index is 0.0341. The molecular formula is C16H15ClF3N5O. The van der Waals surface area contributed by atoms with Crippen LogP contribution in [0, 0.1) is 0 Å². The van der Waals surface area contributed by atoms with Gasteiger partial charge in [-0.25, -0.2) is 4.98 Å². The van der Waals surface area contributed by atoms with Crippen molar-refractivity contribution in [1.82, 2.24) is 9.97 Å². The fraction of sp³-hybridized carbons (Fsp3) is 0.312. The maximum atomic E-state index is 12.7. The van der Waals surface area contributed by atoms with E-state index in [1.807, 2.05) is 9.80 Å². The van der Waals surface area contributed by atoms with Gasteiger partial charge in [0.25, 0.3) is 5.91 Å². The molecule has 26 heavy (non-hydrogen) atoms. The smallest absolute Gasteiger partial charge is 0.368 e. The Bertz CT molecular complexity index is 822. The van der Waals surface area contributed by atoms with Crippen LogP contribution in [-0.2, 0) is 6.18 Å². The molecule has 1 fully saturated rings. The van der Waals surface area contributed by atoms with Crippen molar-refractivity contribution < 1.29 is 18.0 Å². The third-order valence-electron chi connectivity index (χ3n) is 4.09. The lowest BCUT2D eigenvalue weighted by Crippen LogP contribution is -2.47. The molecule has 2 aromatic heterocycles. The normalized spacial score (nSPS) is 15.2. The number of aromatic nitrogens is 2. The largest absolute Gasteiger partial charge is 0.417 e. The van der Waals surface area contributed by atoms with E-state index in [0.717, 1.165) is 18.0 Å². The first-order chi connectivity index (χ1) is 12.3. The maximum Gasteiger partial charge on any atom is 0.417 e. The summed E-state index contributed by atoms with van der Waals surface area (Å²) in [5.74, 6) is -0.280. The summed E-state index contributed by atoms with van der Waals surface area (Å²) in [6.45, 7) is 2.21. The van der Waals surface area contributed by atoms with E-state index in [1.165, 1.54) is 6.20 Å². The lowest BCUT2D eigenvalue weighted by molar-refractivity contribution is -0.137. The first-order valence-corrected chi connectivity index (χ1v) is 8.12. The fourth-order valence-electron chi connectivity index (χ4n) is 2.75. The number of hydrogen-bond acceptors (Lipinski definition) is 5. The van der Waals surface area contributed by atoms with Crippen LogP contribution in [0.3, 0.4) is 0 Å². The van der Waals surface area contributed by atoms with Crippen LogP contribution in [0.25, 0.3) is 0 Å². The van der Waals surface area contributed by atoms with Crippen molar-refractivity contribution in [3.05, 3.63) is 46.9 Å². The Labute approximate surface area is 152 Å². The topological polar surface area (TPSA) is 75.4 Å². The summed E-state index contributed by atoms with van der Waals surface area (Å²) in [6.07, 6.45) is -2.18. The van der Waals surface area contributed by atoms with Gasteiger partial charge in [0.05, 0.1) is 10.6 Å². The average Bonchev–Trinajstić information content (AvgIpc) is 2.61. The van der Waals surface area contributed by atoms with Crippen LogP contribution in [0.1, 0.15) is 16.1 Å². The molecule has 3 heterocycles. The van der Waals surface area contributed by atoms with Crippen molar-refractivity contribution in [2.24, 2.45) is 5.73 Å². The van der Waals surface area contributed by atoms with Gasteiger partial charge < -0.3 is 15.5 Å². The van der Waals surface area contributed by atoms with Crippen molar-refractivity contribution in [3.8, 4) is 0 Å². The van der Waals surface area contributed by atoms with E-state index in [4.69, 9.17) is 17.3 Å². The Balaban J connectivity index is 1.71. The second-order valence-corrected chi connectivity index (χ2v) is 6.17. The summed E-state index contributed by atoms with van der Waals surface area (Å²) >= 11 is 6.00. The highest BCUT2D eigenvalue weighted by atomic mass is 35.5. The van der Waals surface area contributed by atoms with E-state index in [-0.39, 0.29) is 10.7 Å². The fourth-order valence-corrected chi connectivity index (χ4v) is 3.03.